The molecule has 0 aliphatic rings. The van der Waals surface area contributed by atoms with E-state index in [4.69, 9.17) is 21.4 Å². The number of nitrogens with one attached hydrogen (secondary N) is 2. The molecule has 0 unspecified atom stereocenters. The van der Waals surface area contributed by atoms with E-state index in [1.807, 2.05) is 54.6 Å². The van der Waals surface area contributed by atoms with E-state index in [0.717, 1.165) is 16.2 Å². The highest BCUT2D eigenvalue weighted by molar-refractivity contribution is 7.80. The summed E-state index contributed by atoms with van der Waals surface area (Å²) in [6.07, 6.45) is 0. The second-order valence-corrected chi connectivity index (χ2v) is 8.28. The average Bonchev–Trinajstić information content (AvgIpc) is 2.88. The van der Waals surface area contributed by atoms with Crippen LogP contribution in [0.4, 0.5) is 5.69 Å². The quantitative estimate of drug-likeness (QED) is 0.252. The van der Waals surface area contributed by atoms with E-state index in [9.17, 15) is 9.59 Å². The fourth-order valence-electron chi connectivity index (χ4n) is 3.91. The summed E-state index contributed by atoms with van der Waals surface area (Å²) >= 11 is 5.34. The predicted molar refractivity (Wildman–Crippen MR) is 142 cm³/mol. The lowest BCUT2D eigenvalue weighted by atomic mass is 10.0. The lowest BCUT2D eigenvalue weighted by molar-refractivity contribution is 0.0978. The molecule has 0 radical (unpaired) electrons. The number of hydrogen-bond donors (Lipinski definition) is 2. The largest absolute Gasteiger partial charge is 0.496 e. The molecule has 5 rings (SSSR count). The number of rotatable bonds is 4. The lowest BCUT2D eigenvalue weighted by Crippen LogP contribution is -2.34. The molecule has 0 atom stereocenters. The van der Waals surface area contributed by atoms with Crippen molar-refractivity contribution in [2.24, 2.45) is 0 Å². The number of carbonyl (C=O) groups is 1. The summed E-state index contributed by atoms with van der Waals surface area (Å²) in [6.45, 7) is 0. The maximum atomic E-state index is 12.7. The first-order valence-corrected chi connectivity index (χ1v) is 11.2. The van der Waals surface area contributed by atoms with Gasteiger partial charge in [-0.15, -0.1) is 0 Å². The van der Waals surface area contributed by atoms with Crippen molar-refractivity contribution in [3.05, 3.63) is 107 Å². The molecule has 0 bridgehead atoms. The van der Waals surface area contributed by atoms with E-state index >= 15 is 0 Å². The number of ether oxygens (including phenoxy) is 1. The molecule has 1 aromatic heterocycles. The summed E-state index contributed by atoms with van der Waals surface area (Å²) in [5, 5.41) is 8.67. The summed E-state index contributed by atoms with van der Waals surface area (Å²) in [5.41, 5.74) is 2.14. The molecule has 0 fully saturated rings. The standard InChI is InChI=1S/C28H20N2O4S/c1-33-25-16-21(12-13-22(25)23-15-19-8-4-5-9-24(19)34-27(23)32)29-28(35)30-26(31)20-11-10-17-6-2-3-7-18(17)14-20/h2-16H,1H3,(H2,29,30,31,35). The van der Waals surface area contributed by atoms with Crippen molar-refractivity contribution in [3.8, 4) is 16.9 Å². The Bertz CT molecular complexity index is 1660. The third kappa shape index (κ3) is 4.62. The van der Waals surface area contributed by atoms with Crippen LogP contribution in [0.1, 0.15) is 10.4 Å². The van der Waals surface area contributed by atoms with Crippen molar-refractivity contribution in [2.45, 2.75) is 0 Å². The van der Waals surface area contributed by atoms with Crippen LogP contribution >= 0.6 is 12.2 Å². The van der Waals surface area contributed by atoms with Gasteiger partial charge in [0.15, 0.2) is 5.11 Å². The van der Waals surface area contributed by atoms with Crippen LogP contribution in [0.15, 0.2) is 100 Å². The van der Waals surface area contributed by atoms with Crippen LogP contribution < -0.4 is 21.0 Å². The number of benzene rings is 4. The van der Waals surface area contributed by atoms with E-state index in [1.165, 1.54) is 7.11 Å². The fourth-order valence-corrected chi connectivity index (χ4v) is 4.12. The summed E-state index contributed by atoms with van der Waals surface area (Å²) in [6, 6.07) is 27.6. The Morgan fingerprint density at radius 2 is 1.57 bits per heavy atom. The molecular weight excluding hydrogens is 460 g/mol. The van der Waals surface area contributed by atoms with Gasteiger partial charge in [0.05, 0.1) is 12.7 Å². The summed E-state index contributed by atoms with van der Waals surface area (Å²) in [5.74, 6) is 0.145. The molecule has 2 N–H and O–H groups in total. The number of methoxy groups -OCH3 is 1. The van der Waals surface area contributed by atoms with Crippen molar-refractivity contribution in [1.82, 2.24) is 5.32 Å². The summed E-state index contributed by atoms with van der Waals surface area (Å²) in [4.78, 5) is 25.3. The van der Waals surface area contributed by atoms with Crippen LogP contribution in [0.5, 0.6) is 5.75 Å². The van der Waals surface area contributed by atoms with Gasteiger partial charge in [-0.25, -0.2) is 4.79 Å². The van der Waals surface area contributed by atoms with Gasteiger partial charge in [-0.05, 0) is 59.4 Å². The van der Waals surface area contributed by atoms with Gasteiger partial charge < -0.3 is 14.5 Å². The van der Waals surface area contributed by atoms with Gasteiger partial charge in [0.1, 0.15) is 11.3 Å². The molecule has 35 heavy (non-hydrogen) atoms. The topological polar surface area (TPSA) is 80.6 Å². The van der Waals surface area contributed by atoms with Crippen molar-refractivity contribution < 1.29 is 13.9 Å². The number of amides is 1. The lowest BCUT2D eigenvalue weighted by Gasteiger charge is -2.13. The van der Waals surface area contributed by atoms with Crippen molar-refractivity contribution >= 4 is 50.7 Å². The van der Waals surface area contributed by atoms with E-state index in [-0.39, 0.29) is 11.0 Å². The van der Waals surface area contributed by atoms with Gasteiger partial charge >= 0.3 is 5.63 Å². The summed E-state index contributed by atoms with van der Waals surface area (Å²) < 4.78 is 11.0. The molecule has 0 saturated heterocycles. The molecule has 6 nitrogen and oxygen atoms in total. The highest BCUT2D eigenvalue weighted by Gasteiger charge is 2.14. The molecule has 1 amide bonds. The van der Waals surface area contributed by atoms with Gasteiger partial charge in [-0.3, -0.25) is 10.1 Å². The average molecular weight is 481 g/mol. The van der Waals surface area contributed by atoms with Crippen molar-refractivity contribution in [2.75, 3.05) is 12.4 Å². The zero-order valence-corrected chi connectivity index (χ0v) is 19.5. The Kier molecular flexibility index (Phi) is 5.99. The third-order valence-corrected chi connectivity index (χ3v) is 5.83. The molecule has 172 valence electrons. The third-order valence-electron chi connectivity index (χ3n) is 5.63. The number of hydrogen-bond acceptors (Lipinski definition) is 5. The first-order chi connectivity index (χ1) is 17.0. The minimum Gasteiger partial charge on any atom is -0.496 e. The zero-order chi connectivity index (χ0) is 24.4. The highest BCUT2D eigenvalue weighted by Crippen LogP contribution is 2.32. The van der Waals surface area contributed by atoms with E-state index in [0.29, 0.717) is 33.7 Å². The van der Waals surface area contributed by atoms with E-state index in [1.54, 1.807) is 36.4 Å². The highest BCUT2D eigenvalue weighted by atomic mass is 32.1. The van der Waals surface area contributed by atoms with Gasteiger partial charge in [0, 0.05) is 28.3 Å². The van der Waals surface area contributed by atoms with Crippen LogP contribution in [-0.2, 0) is 0 Å². The maximum absolute atomic E-state index is 12.7. The number of fused-ring (bicyclic) bond motifs is 2. The van der Waals surface area contributed by atoms with Crippen molar-refractivity contribution in [3.63, 3.8) is 0 Å². The first-order valence-electron chi connectivity index (χ1n) is 10.8. The number of thiocarbonyl (C=S) groups is 1. The Morgan fingerprint density at radius 1 is 0.829 bits per heavy atom. The van der Waals surface area contributed by atoms with Gasteiger partial charge in [0.2, 0.25) is 0 Å². The maximum Gasteiger partial charge on any atom is 0.344 e. The molecular formula is C28H20N2O4S. The molecule has 4 aromatic carbocycles. The number of carbonyl (C=O) groups excluding carboxylic acids is 1. The number of para-hydroxylation sites is 1. The molecule has 0 spiro atoms. The molecule has 7 heteroatoms. The van der Waals surface area contributed by atoms with Crippen LogP contribution in [0.2, 0.25) is 0 Å². The Hall–Kier alpha value is -4.49. The molecule has 0 saturated carbocycles. The minimum absolute atomic E-state index is 0.142. The van der Waals surface area contributed by atoms with Crippen LogP contribution in [0, 0.1) is 0 Å². The molecule has 0 aliphatic carbocycles. The second-order valence-electron chi connectivity index (χ2n) is 7.87. The Labute approximate surface area is 206 Å². The van der Waals surface area contributed by atoms with Gasteiger partial charge in [-0.1, -0.05) is 48.5 Å². The van der Waals surface area contributed by atoms with Crippen LogP contribution in [0.25, 0.3) is 32.9 Å². The van der Waals surface area contributed by atoms with Crippen LogP contribution in [0.3, 0.4) is 0 Å². The minimum atomic E-state index is -0.458. The van der Waals surface area contributed by atoms with Crippen LogP contribution in [-0.4, -0.2) is 18.1 Å². The summed E-state index contributed by atoms with van der Waals surface area (Å²) in [7, 11) is 1.52. The molecule has 1 heterocycles. The van der Waals surface area contributed by atoms with Gasteiger partial charge in [0.25, 0.3) is 5.91 Å². The zero-order valence-electron chi connectivity index (χ0n) is 18.7. The predicted octanol–water partition coefficient (Wildman–Crippen LogP) is 5.75. The molecule has 5 aromatic rings. The smallest absolute Gasteiger partial charge is 0.344 e. The Morgan fingerprint density at radius 3 is 2.37 bits per heavy atom. The Balaban J connectivity index is 1.35. The first kappa shape index (κ1) is 22.3. The SMILES string of the molecule is COc1cc(NC(=S)NC(=O)c2ccc3ccccc3c2)ccc1-c1cc2ccccc2oc1=O. The normalized spacial score (nSPS) is 10.8. The van der Waals surface area contributed by atoms with Gasteiger partial charge in [-0.2, -0.15) is 0 Å². The van der Waals surface area contributed by atoms with E-state index < -0.39 is 5.63 Å². The molecule has 0 aliphatic heterocycles. The van der Waals surface area contributed by atoms with E-state index in [2.05, 4.69) is 10.6 Å². The number of anilines is 1. The fraction of sp³-hybridized carbons (Fsp3) is 0.0357. The monoisotopic (exact) mass is 480 g/mol. The van der Waals surface area contributed by atoms with Crippen molar-refractivity contribution in [1.29, 1.82) is 0 Å². The second kappa shape index (κ2) is 9.40.